The molecule has 1 fully saturated rings. The predicted octanol–water partition coefficient (Wildman–Crippen LogP) is 3.48. The Morgan fingerprint density at radius 2 is 1.74 bits per heavy atom. The summed E-state index contributed by atoms with van der Waals surface area (Å²) >= 11 is 0. The van der Waals surface area contributed by atoms with Crippen LogP contribution in [-0.4, -0.2) is 25.5 Å². The Morgan fingerprint density at radius 1 is 1.04 bits per heavy atom. The predicted molar refractivity (Wildman–Crippen MR) is 91.4 cm³/mol. The normalized spacial score (nSPS) is 13.9. The molecule has 3 rings (SSSR count). The van der Waals surface area contributed by atoms with Crippen molar-refractivity contribution >= 4 is 23.0 Å². The average molecular weight is 313 g/mol. The van der Waals surface area contributed by atoms with Gasteiger partial charge in [-0.1, -0.05) is 12.1 Å². The molecule has 1 aliphatic heterocycles. The molecule has 5 heteroatoms. The Kier molecular flexibility index (Phi) is 4.76. The summed E-state index contributed by atoms with van der Waals surface area (Å²) < 4.78 is 13.5. The maximum absolute atomic E-state index is 13.5. The van der Waals surface area contributed by atoms with Gasteiger partial charge in [0, 0.05) is 24.5 Å². The summed E-state index contributed by atoms with van der Waals surface area (Å²) in [4.78, 5) is 14.3. The smallest absolute Gasteiger partial charge is 0.243 e. The average Bonchev–Trinajstić information content (AvgIpc) is 3.09. The second-order valence-corrected chi connectivity index (χ2v) is 5.62. The Balaban J connectivity index is 1.52. The van der Waals surface area contributed by atoms with Gasteiger partial charge in [0.1, 0.15) is 5.82 Å². The summed E-state index contributed by atoms with van der Waals surface area (Å²) in [6.45, 7) is 2.21. The fourth-order valence-corrected chi connectivity index (χ4v) is 2.72. The number of carbonyl (C=O) groups is 1. The van der Waals surface area contributed by atoms with E-state index in [9.17, 15) is 9.18 Å². The highest BCUT2D eigenvalue weighted by molar-refractivity contribution is 5.93. The number of amides is 1. The Morgan fingerprint density at radius 3 is 2.43 bits per heavy atom. The van der Waals surface area contributed by atoms with Gasteiger partial charge < -0.3 is 15.5 Å². The summed E-state index contributed by atoms with van der Waals surface area (Å²) in [6.07, 6.45) is 2.47. The maximum Gasteiger partial charge on any atom is 0.243 e. The zero-order chi connectivity index (χ0) is 16.1. The van der Waals surface area contributed by atoms with Gasteiger partial charge in [-0.15, -0.1) is 0 Å². The molecule has 0 atom stereocenters. The first-order valence-electron chi connectivity index (χ1n) is 7.85. The molecule has 23 heavy (non-hydrogen) atoms. The van der Waals surface area contributed by atoms with Gasteiger partial charge in [0.25, 0.3) is 0 Å². The van der Waals surface area contributed by atoms with Crippen LogP contribution in [0.4, 0.5) is 21.5 Å². The van der Waals surface area contributed by atoms with Crippen LogP contribution in [0.3, 0.4) is 0 Å². The molecule has 0 radical (unpaired) electrons. The van der Waals surface area contributed by atoms with Gasteiger partial charge in [-0.2, -0.15) is 0 Å². The molecule has 0 aliphatic carbocycles. The molecule has 1 saturated heterocycles. The number of para-hydroxylation sites is 1. The standard InChI is InChI=1S/C18H20FN3O/c19-16-5-1-2-6-17(16)20-13-18(23)21-14-7-9-15(10-8-14)22-11-3-4-12-22/h1-2,5-10,20H,3-4,11-13H2,(H,21,23). The molecule has 2 N–H and O–H groups in total. The summed E-state index contributed by atoms with van der Waals surface area (Å²) in [5.41, 5.74) is 2.25. The molecule has 0 unspecified atom stereocenters. The first kappa shape index (κ1) is 15.3. The van der Waals surface area contributed by atoms with Crippen molar-refractivity contribution in [1.29, 1.82) is 0 Å². The molecule has 4 nitrogen and oxygen atoms in total. The molecule has 1 amide bonds. The number of hydrogen-bond donors (Lipinski definition) is 2. The number of halogens is 1. The van der Waals surface area contributed by atoms with Gasteiger partial charge in [0.05, 0.1) is 12.2 Å². The minimum atomic E-state index is -0.365. The lowest BCUT2D eigenvalue weighted by Crippen LogP contribution is -2.22. The maximum atomic E-state index is 13.5. The first-order valence-corrected chi connectivity index (χ1v) is 7.85. The summed E-state index contributed by atoms with van der Waals surface area (Å²) in [7, 11) is 0. The van der Waals surface area contributed by atoms with Crippen LogP contribution in [0, 0.1) is 5.82 Å². The van der Waals surface area contributed by atoms with Gasteiger partial charge in [-0.3, -0.25) is 4.79 Å². The van der Waals surface area contributed by atoms with E-state index in [-0.39, 0.29) is 18.3 Å². The van der Waals surface area contributed by atoms with Crippen molar-refractivity contribution < 1.29 is 9.18 Å². The number of carbonyl (C=O) groups excluding carboxylic acids is 1. The minimum absolute atomic E-state index is 0.0226. The van der Waals surface area contributed by atoms with Crippen molar-refractivity contribution in [3.63, 3.8) is 0 Å². The minimum Gasteiger partial charge on any atom is -0.374 e. The molecule has 120 valence electrons. The van der Waals surface area contributed by atoms with E-state index in [1.165, 1.54) is 24.6 Å². The summed E-state index contributed by atoms with van der Waals surface area (Å²) in [5.74, 6) is -0.572. The molecule has 2 aromatic rings. The highest BCUT2D eigenvalue weighted by Crippen LogP contribution is 2.22. The van der Waals surface area contributed by atoms with E-state index < -0.39 is 0 Å². The van der Waals surface area contributed by atoms with Gasteiger partial charge >= 0.3 is 0 Å². The van der Waals surface area contributed by atoms with Crippen LogP contribution in [0.15, 0.2) is 48.5 Å². The molecule has 1 aliphatic rings. The van der Waals surface area contributed by atoms with Gasteiger partial charge in [-0.25, -0.2) is 4.39 Å². The third kappa shape index (κ3) is 4.00. The Labute approximate surface area is 135 Å². The second-order valence-electron chi connectivity index (χ2n) is 5.62. The molecular formula is C18H20FN3O. The van der Waals surface area contributed by atoms with E-state index in [4.69, 9.17) is 0 Å². The molecule has 0 saturated carbocycles. The lowest BCUT2D eigenvalue weighted by Gasteiger charge is -2.17. The quantitative estimate of drug-likeness (QED) is 0.888. The van der Waals surface area contributed by atoms with Crippen LogP contribution in [-0.2, 0) is 4.79 Å². The molecule has 0 spiro atoms. The van der Waals surface area contributed by atoms with Crippen molar-refractivity contribution in [1.82, 2.24) is 0 Å². The molecular weight excluding hydrogens is 293 g/mol. The topological polar surface area (TPSA) is 44.4 Å². The summed E-state index contributed by atoms with van der Waals surface area (Å²) in [6, 6.07) is 14.1. The lowest BCUT2D eigenvalue weighted by atomic mass is 10.2. The number of nitrogens with one attached hydrogen (secondary N) is 2. The van der Waals surface area contributed by atoms with E-state index >= 15 is 0 Å². The highest BCUT2D eigenvalue weighted by Gasteiger charge is 2.12. The molecule has 2 aromatic carbocycles. The molecule has 1 heterocycles. The summed E-state index contributed by atoms with van der Waals surface area (Å²) in [5, 5.41) is 5.60. The van der Waals surface area contributed by atoms with Crippen LogP contribution in [0.1, 0.15) is 12.8 Å². The van der Waals surface area contributed by atoms with E-state index in [1.54, 1.807) is 18.2 Å². The van der Waals surface area contributed by atoms with Crippen LogP contribution in [0.5, 0.6) is 0 Å². The van der Waals surface area contributed by atoms with Crippen molar-refractivity contribution in [2.45, 2.75) is 12.8 Å². The van der Waals surface area contributed by atoms with Crippen LogP contribution >= 0.6 is 0 Å². The SMILES string of the molecule is O=C(CNc1ccccc1F)Nc1ccc(N2CCCC2)cc1. The number of rotatable bonds is 5. The highest BCUT2D eigenvalue weighted by atomic mass is 19.1. The third-order valence-electron chi connectivity index (χ3n) is 3.94. The third-order valence-corrected chi connectivity index (χ3v) is 3.94. The number of anilines is 3. The van der Waals surface area contributed by atoms with E-state index in [0.717, 1.165) is 18.8 Å². The zero-order valence-corrected chi connectivity index (χ0v) is 12.9. The van der Waals surface area contributed by atoms with Crippen molar-refractivity contribution in [2.24, 2.45) is 0 Å². The van der Waals surface area contributed by atoms with Crippen molar-refractivity contribution in [3.8, 4) is 0 Å². The van der Waals surface area contributed by atoms with E-state index in [1.807, 2.05) is 24.3 Å². The Hall–Kier alpha value is -2.56. The van der Waals surface area contributed by atoms with Crippen LogP contribution < -0.4 is 15.5 Å². The van der Waals surface area contributed by atoms with Gasteiger partial charge in [0.15, 0.2) is 0 Å². The monoisotopic (exact) mass is 313 g/mol. The van der Waals surface area contributed by atoms with Gasteiger partial charge in [-0.05, 0) is 49.2 Å². The largest absolute Gasteiger partial charge is 0.374 e. The fourth-order valence-electron chi connectivity index (χ4n) is 2.72. The molecule has 0 aromatic heterocycles. The van der Waals surface area contributed by atoms with E-state index in [2.05, 4.69) is 15.5 Å². The number of nitrogens with zero attached hydrogens (tertiary/aromatic N) is 1. The fraction of sp³-hybridized carbons (Fsp3) is 0.278. The Bertz CT molecular complexity index is 666. The van der Waals surface area contributed by atoms with Crippen LogP contribution in [0.25, 0.3) is 0 Å². The number of hydrogen-bond acceptors (Lipinski definition) is 3. The molecule has 0 bridgehead atoms. The lowest BCUT2D eigenvalue weighted by molar-refractivity contribution is -0.114. The van der Waals surface area contributed by atoms with E-state index in [0.29, 0.717) is 5.69 Å². The first-order chi connectivity index (χ1) is 11.2. The van der Waals surface area contributed by atoms with Crippen LogP contribution in [0.2, 0.25) is 0 Å². The van der Waals surface area contributed by atoms with Crippen molar-refractivity contribution in [2.75, 3.05) is 35.2 Å². The second kappa shape index (κ2) is 7.13. The van der Waals surface area contributed by atoms with Crippen molar-refractivity contribution in [3.05, 3.63) is 54.3 Å². The van der Waals surface area contributed by atoms with Gasteiger partial charge in [0.2, 0.25) is 5.91 Å². The zero-order valence-electron chi connectivity index (χ0n) is 12.9. The number of benzene rings is 2.